The lowest BCUT2D eigenvalue weighted by Crippen LogP contribution is -2.05. The van der Waals surface area contributed by atoms with E-state index in [0.29, 0.717) is 32.7 Å². The number of esters is 1. The molecule has 28 heavy (non-hydrogen) atoms. The van der Waals surface area contributed by atoms with Crippen LogP contribution in [0.2, 0.25) is 10.0 Å². The minimum Gasteiger partial charge on any atom is -0.457 e. The summed E-state index contributed by atoms with van der Waals surface area (Å²) < 4.78 is 13.0. The van der Waals surface area contributed by atoms with Crippen molar-refractivity contribution in [1.29, 1.82) is 0 Å². The first kappa shape index (κ1) is 19.7. The minimum atomic E-state index is -0.539. The summed E-state index contributed by atoms with van der Waals surface area (Å²) >= 11 is 17.9. The van der Waals surface area contributed by atoms with Gasteiger partial charge < -0.3 is 9.15 Å². The van der Waals surface area contributed by atoms with Crippen LogP contribution in [-0.2, 0) is 9.53 Å². The predicted molar refractivity (Wildman–Crippen MR) is 122 cm³/mol. The Morgan fingerprint density at radius 2 is 1.89 bits per heavy atom. The van der Waals surface area contributed by atoms with E-state index in [-0.39, 0.29) is 11.6 Å². The molecule has 0 fully saturated rings. The summed E-state index contributed by atoms with van der Waals surface area (Å²) in [4.78, 5) is 16.5. The van der Waals surface area contributed by atoms with Gasteiger partial charge in [-0.15, -0.1) is 0 Å². The van der Waals surface area contributed by atoms with E-state index in [0.717, 1.165) is 8.04 Å². The molecule has 0 spiro atoms. The Hall–Kier alpha value is -1.61. The highest BCUT2D eigenvalue weighted by Crippen LogP contribution is 2.32. The van der Waals surface area contributed by atoms with E-state index >= 15 is 0 Å². The molecule has 8 heteroatoms. The second kappa shape index (κ2) is 8.02. The second-order valence-corrected chi connectivity index (χ2v) is 8.65. The summed E-state index contributed by atoms with van der Waals surface area (Å²) in [5.41, 5.74) is 1.53. The van der Waals surface area contributed by atoms with E-state index < -0.39 is 5.97 Å². The van der Waals surface area contributed by atoms with Crippen molar-refractivity contribution in [3.63, 3.8) is 0 Å². The van der Waals surface area contributed by atoms with Gasteiger partial charge in [0.05, 0.1) is 5.02 Å². The van der Waals surface area contributed by atoms with Crippen LogP contribution in [0.3, 0.4) is 0 Å². The summed E-state index contributed by atoms with van der Waals surface area (Å²) in [5, 5.41) is 1.07. The predicted octanol–water partition coefficient (Wildman–Crippen LogP) is 6.97. The van der Waals surface area contributed by atoms with Crippen LogP contribution in [-0.4, -0.2) is 11.9 Å². The van der Waals surface area contributed by atoms with Crippen molar-refractivity contribution in [3.05, 3.63) is 83.6 Å². The van der Waals surface area contributed by atoms with Gasteiger partial charge in [0, 0.05) is 30.3 Å². The van der Waals surface area contributed by atoms with Crippen LogP contribution in [0.1, 0.15) is 11.3 Å². The van der Waals surface area contributed by atoms with Crippen LogP contribution in [0, 0.1) is 3.57 Å². The molecule has 3 aromatic rings. The average Bonchev–Trinajstić information content (AvgIpc) is 3.27. The quantitative estimate of drug-likeness (QED) is 0.189. The van der Waals surface area contributed by atoms with Crippen molar-refractivity contribution in [2.45, 2.75) is 0 Å². The zero-order chi connectivity index (χ0) is 19.8. The van der Waals surface area contributed by atoms with Gasteiger partial charge in [-0.2, -0.15) is 0 Å². The third-order valence-corrected chi connectivity index (χ3v) is 6.79. The number of cyclic esters (lactones) is 1. The van der Waals surface area contributed by atoms with E-state index in [9.17, 15) is 4.79 Å². The van der Waals surface area contributed by atoms with Crippen molar-refractivity contribution in [1.82, 2.24) is 0 Å². The monoisotopic (exact) mass is 587 g/mol. The van der Waals surface area contributed by atoms with Gasteiger partial charge in [0.2, 0.25) is 5.90 Å². The molecule has 1 aromatic heterocycles. The molecular formula is C20H9BrCl2INO3. The number of carbonyl (C=O) groups is 1. The highest BCUT2D eigenvalue weighted by Gasteiger charge is 2.25. The molecule has 0 amide bonds. The van der Waals surface area contributed by atoms with Gasteiger partial charge >= 0.3 is 5.97 Å². The molecule has 0 atom stereocenters. The highest BCUT2D eigenvalue weighted by atomic mass is 127. The summed E-state index contributed by atoms with van der Waals surface area (Å²) in [6.45, 7) is 0. The van der Waals surface area contributed by atoms with Crippen LogP contribution < -0.4 is 0 Å². The van der Waals surface area contributed by atoms with E-state index in [1.54, 1.807) is 30.3 Å². The average molecular weight is 589 g/mol. The molecule has 0 saturated carbocycles. The van der Waals surface area contributed by atoms with Gasteiger partial charge in [-0.25, -0.2) is 9.79 Å². The highest BCUT2D eigenvalue weighted by molar-refractivity contribution is 14.1. The Labute approximate surface area is 192 Å². The van der Waals surface area contributed by atoms with E-state index in [2.05, 4.69) is 43.5 Å². The molecule has 0 saturated heterocycles. The Kier molecular flexibility index (Phi) is 5.64. The number of ether oxygens (including phenoxy) is 1. The normalized spacial score (nSPS) is 15.1. The minimum absolute atomic E-state index is 0.155. The van der Waals surface area contributed by atoms with Crippen LogP contribution in [0.15, 0.2) is 68.1 Å². The largest absolute Gasteiger partial charge is 0.457 e. The number of hydrogen-bond donors (Lipinski definition) is 0. The fraction of sp³-hybridized carbons (Fsp3) is 0. The number of benzene rings is 2. The number of hydrogen-bond acceptors (Lipinski definition) is 4. The molecule has 0 aliphatic carbocycles. The Morgan fingerprint density at radius 1 is 1.07 bits per heavy atom. The molecule has 2 aromatic carbocycles. The Bertz CT molecular complexity index is 1170. The van der Waals surface area contributed by atoms with Crippen molar-refractivity contribution in [3.8, 4) is 11.3 Å². The fourth-order valence-corrected chi connectivity index (χ4v) is 3.66. The molecule has 2 heterocycles. The van der Waals surface area contributed by atoms with E-state index in [1.165, 1.54) is 6.08 Å². The van der Waals surface area contributed by atoms with Crippen LogP contribution in [0.5, 0.6) is 0 Å². The molecule has 1 aliphatic heterocycles. The van der Waals surface area contributed by atoms with Gasteiger partial charge in [-0.05, 0) is 87.1 Å². The van der Waals surface area contributed by atoms with Crippen molar-refractivity contribution < 1.29 is 13.9 Å². The molecule has 0 bridgehead atoms. The molecule has 4 nitrogen and oxygen atoms in total. The van der Waals surface area contributed by atoms with Gasteiger partial charge in [0.25, 0.3) is 0 Å². The first-order chi connectivity index (χ1) is 13.4. The number of furan rings is 1. The third-order valence-electron chi connectivity index (χ3n) is 3.89. The summed E-state index contributed by atoms with van der Waals surface area (Å²) in [7, 11) is 0. The second-order valence-electron chi connectivity index (χ2n) is 5.79. The standard InChI is InChI=1S/C20H9BrCl2INO3/c21-14-7-10(1-5-16(14)24)19-25-17(20(26)28-19)9-12-3-6-18(27-12)13-8-11(22)2-4-15(13)23/h1-9H/b17-9-. The maximum absolute atomic E-state index is 12.2. The maximum Gasteiger partial charge on any atom is 0.363 e. The summed E-state index contributed by atoms with van der Waals surface area (Å²) in [6.07, 6.45) is 1.53. The smallest absolute Gasteiger partial charge is 0.363 e. The lowest BCUT2D eigenvalue weighted by molar-refractivity contribution is -0.129. The van der Waals surface area contributed by atoms with Crippen molar-refractivity contribution in [2.24, 2.45) is 4.99 Å². The molecule has 140 valence electrons. The molecule has 1 aliphatic rings. The molecule has 0 N–H and O–H groups in total. The number of nitrogens with zero attached hydrogens (tertiary/aromatic N) is 1. The van der Waals surface area contributed by atoms with Crippen LogP contribution in [0.4, 0.5) is 0 Å². The molecule has 4 rings (SSSR count). The van der Waals surface area contributed by atoms with E-state index in [1.807, 2.05) is 18.2 Å². The number of halogens is 4. The maximum atomic E-state index is 12.2. The Balaban J connectivity index is 1.65. The summed E-state index contributed by atoms with van der Waals surface area (Å²) in [5.74, 6) is 0.699. The number of carbonyl (C=O) groups excluding carboxylic acids is 1. The van der Waals surface area contributed by atoms with Crippen LogP contribution in [0.25, 0.3) is 17.4 Å². The van der Waals surface area contributed by atoms with Gasteiger partial charge in [0.15, 0.2) is 5.70 Å². The van der Waals surface area contributed by atoms with Crippen molar-refractivity contribution >= 4 is 79.7 Å². The van der Waals surface area contributed by atoms with Gasteiger partial charge in [-0.3, -0.25) is 0 Å². The van der Waals surface area contributed by atoms with Gasteiger partial charge in [-0.1, -0.05) is 23.2 Å². The molecular weight excluding hydrogens is 580 g/mol. The zero-order valence-corrected chi connectivity index (χ0v) is 19.1. The number of rotatable bonds is 3. The topological polar surface area (TPSA) is 51.8 Å². The third kappa shape index (κ3) is 4.05. The zero-order valence-electron chi connectivity index (χ0n) is 13.9. The number of aliphatic imine (C=N–C) groups is 1. The first-order valence-electron chi connectivity index (χ1n) is 7.94. The fourth-order valence-electron chi connectivity index (χ4n) is 2.56. The lowest BCUT2D eigenvalue weighted by Gasteiger charge is -2.01. The lowest BCUT2D eigenvalue weighted by atomic mass is 10.2. The SMILES string of the molecule is O=C1OC(c2ccc(I)c(Br)c2)=N/C1=C\c1ccc(-c2cc(Cl)ccc2Cl)o1. The first-order valence-corrected chi connectivity index (χ1v) is 10.6. The van der Waals surface area contributed by atoms with Gasteiger partial charge in [0.1, 0.15) is 11.5 Å². The summed E-state index contributed by atoms with van der Waals surface area (Å²) in [6, 6.07) is 14.2. The Morgan fingerprint density at radius 3 is 2.68 bits per heavy atom. The van der Waals surface area contributed by atoms with Crippen molar-refractivity contribution in [2.75, 3.05) is 0 Å². The van der Waals surface area contributed by atoms with Crippen LogP contribution >= 0.6 is 61.7 Å². The molecule has 0 radical (unpaired) electrons. The van der Waals surface area contributed by atoms with E-state index in [4.69, 9.17) is 32.4 Å². The molecule has 0 unspecified atom stereocenters.